The summed E-state index contributed by atoms with van der Waals surface area (Å²) in [4.78, 5) is 0.234. The van der Waals surface area contributed by atoms with Crippen molar-refractivity contribution in [3.05, 3.63) is 67.7 Å². The van der Waals surface area contributed by atoms with Crippen LogP contribution < -0.4 is 0 Å². The van der Waals surface area contributed by atoms with Crippen molar-refractivity contribution >= 4 is 31.9 Å². The van der Waals surface area contributed by atoms with Crippen LogP contribution in [0.3, 0.4) is 0 Å². The highest BCUT2D eigenvalue weighted by Crippen LogP contribution is 2.38. The molecule has 0 aliphatic carbocycles. The minimum atomic E-state index is 0.234. The summed E-state index contributed by atoms with van der Waals surface area (Å²) >= 11 is 7.53. The molecule has 1 unspecified atom stereocenters. The zero-order valence-corrected chi connectivity index (χ0v) is 15.8. The third-order valence-electron chi connectivity index (χ3n) is 4.17. The zero-order valence-electron chi connectivity index (χ0n) is 12.6. The number of alkyl halides is 1. The van der Waals surface area contributed by atoms with Gasteiger partial charge in [0.1, 0.15) is 0 Å². The van der Waals surface area contributed by atoms with E-state index in [2.05, 4.69) is 90.7 Å². The van der Waals surface area contributed by atoms with E-state index >= 15 is 0 Å². The maximum Gasteiger partial charge on any atom is 0.0650 e. The molecule has 0 nitrogen and oxygen atoms in total. The van der Waals surface area contributed by atoms with Crippen LogP contribution in [0.2, 0.25) is 0 Å². The van der Waals surface area contributed by atoms with E-state index in [-0.39, 0.29) is 4.83 Å². The molecule has 2 aromatic rings. The molecular weight excluding hydrogens is 376 g/mol. The normalized spacial score (nSPS) is 12.6. The van der Waals surface area contributed by atoms with E-state index < -0.39 is 0 Å². The van der Waals surface area contributed by atoms with Crippen molar-refractivity contribution in [2.75, 3.05) is 0 Å². The largest absolute Gasteiger partial charge is 0.0786 e. The molecule has 2 rings (SSSR count). The number of hydrogen-bond acceptors (Lipinski definition) is 0. The SMILES string of the molecule is Cc1ccc(C(Br)c2c(C)c(C)cc(C)c2C)cc1Br. The van der Waals surface area contributed by atoms with Gasteiger partial charge in [-0.2, -0.15) is 0 Å². The smallest absolute Gasteiger partial charge is 0.0650 e. The van der Waals surface area contributed by atoms with Gasteiger partial charge in [0.25, 0.3) is 0 Å². The van der Waals surface area contributed by atoms with Crippen LogP contribution >= 0.6 is 31.9 Å². The molecule has 0 aromatic heterocycles. The molecule has 0 radical (unpaired) electrons. The summed E-state index contributed by atoms with van der Waals surface area (Å²) in [6.07, 6.45) is 0. The van der Waals surface area contributed by atoms with Gasteiger partial charge in [0.05, 0.1) is 4.83 Å². The van der Waals surface area contributed by atoms with Gasteiger partial charge in [-0.25, -0.2) is 0 Å². The van der Waals surface area contributed by atoms with E-state index in [0.717, 1.165) is 0 Å². The Morgan fingerprint density at radius 1 is 0.800 bits per heavy atom. The molecule has 1 atom stereocenters. The van der Waals surface area contributed by atoms with Crippen molar-refractivity contribution in [3.63, 3.8) is 0 Å². The van der Waals surface area contributed by atoms with Crippen LogP contribution in [0, 0.1) is 34.6 Å². The summed E-state index contributed by atoms with van der Waals surface area (Å²) in [5, 5.41) is 0. The topological polar surface area (TPSA) is 0 Å². The third-order valence-corrected chi connectivity index (χ3v) is 6.01. The summed E-state index contributed by atoms with van der Waals surface area (Å²) in [6.45, 7) is 10.9. The fourth-order valence-electron chi connectivity index (χ4n) is 2.56. The summed E-state index contributed by atoms with van der Waals surface area (Å²) in [7, 11) is 0. The van der Waals surface area contributed by atoms with Gasteiger partial charge in [-0.1, -0.05) is 50.1 Å². The molecule has 0 N–H and O–H groups in total. The van der Waals surface area contributed by atoms with Crippen molar-refractivity contribution in [2.45, 2.75) is 39.4 Å². The van der Waals surface area contributed by atoms with Gasteiger partial charge in [0, 0.05) is 4.47 Å². The van der Waals surface area contributed by atoms with Gasteiger partial charge in [-0.3, -0.25) is 0 Å². The van der Waals surface area contributed by atoms with Crippen LogP contribution in [0.25, 0.3) is 0 Å². The predicted molar refractivity (Wildman–Crippen MR) is 95.0 cm³/mol. The molecule has 2 heteroatoms. The van der Waals surface area contributed by atoms with Gasteiger partial charge in [0.15, 0.2) is 0 Å². The number of hydrogen-bond donors (Lipinski definition) is 0. The first-order chi connectivity index (χ1) is 9.32. The van der Waals surface area contributed by atoms with Gasteiger partial charge >= 0.3 is 0 Å². The Hall–Kier alpha value is -0.600. The Balaban J connectivity index is 2.58. The van der Waals surface area contributed by atoms with E-state index in [9.17, 15) is 0 Å². The van der Waals surface area contributed by atoms with Gasteiger partial charge in [0.2, 0.25) is 0 Å². The quantitative estimate of drug-likeness (QED) is 0.510. The average molecular weight is 396 g/mol. The Morgan fingerprint density at radius 2 is 1.35 bits per heavy atom. The van der Waals surface area contributed by atoms with Crippen molar-refractivity contribution in [3.8, 4) is 0 Å². The Morgan fingerprint density at radius 3 is 1.85 bits per heavy atom. The summed E-state index contributed by atoms with van der Waals surface area (Å²) in [5.41, 5.74) is 9.44. The van der Waals surface area contributed by atoms with Crippen LogP contribution in [-0.4, -0.2) is 0 Å². The highest BCUT2D eigenvalue weighted by Gasteiger charge is 2.18. The molecule has 0 fully saturated rings. The van der Waals surface area contributed by atoms with Crippen LogP contribution in [0.15, 0.2) is 28.7 Å². The number of aryl methyl sites for hydroxylation is 3. The van der Waals surface area contributed by atoms with Crippen molar-refractivity contribution in [1.29, 1.82) is 0 Å². The molecule has 0 spiro atoms. The van der Waals surface area contributed by atoms with Crippen LogP contribution in [0.5, 0.6) is 0 Å². The second-order valence-corrected chi connectivity index (χ2v) is 7.32. The lowest BCUT2D eigenvalue weighted by Gasteiger charge is -2.20. The lowest BCUT2D eigenvalue weighted by molar-refractivity contribution is 1.07. The standard InChI is InChI=1S/C18H20Br2/c1-10-6-7-15(9-16(10)19)18(20)17-13(4)11(2)8-12(3)14(17)5/h6-9,18H,1-5H3. The molecule has 106 valence electrons. The highest BCUT2D eigenvalue weighted by atomic mass is 79.9. The highest BCUT2D eigenvalue weighted by molar-refractivity contribution is 9.10. The predicted octanol–water partition coefficient (Wildman–Crippen LogP) is 6.48. The fourth-order valence-corrected chi connectivity index (χ4v) is 3.93. The summed E-state index contributed by atoms with van der Waals surface area (Å²) in [5.74, 6) is 0. The molecule has 0 bridgehead atoms. The summed E-state index contributed by atoms with van der Waals surface area (Å²) in [6, 6.07) is 8.86. The summed E-state index contributed by atoms with van der Waals surface area (Å²) < 4.78 is 1.17. The molecular formula is C18H20Br2. The minimum absolute atomic E-state index is 0.234. The Kier molecular flexibility index (Phi) is 4.76. The molecule has 0 heterocycles. The molecule has 0 saturated heterocycles. The zero-order chi connectivity index (χ0) is 15.0. The number of rotatable bonds is 2. The van der Waals surface area contributed by atoms with E-state index in [1.165, 1.54) is 43.4 Å². The second-order valence-electron chi connectivity index (χ2n) is 5.55. The first-order valence-corrected chi connectivity index (χ1v) is 8.51. The molecule has 0 saturated carbocycles. The maximum absolute atomic E-state index is 3.90. The monoisotopic (exact) mass is 394 g/mol. The molecule has 0 aliphatic rings. The van der Waals surface area contributed by atoms with E-state index in [0.29, 0.717) is 0 Å². The van der Waals surface area contributed by atoms with Crippen molar-refractivity contribution < 1.29 is 0 Å². The van der Waals surface area contributed by atoms with Gasteiger partial charge < -0.3 is 0 Å². The third kappa shape index (κ3) is 2.87. The first-order valence-electron chi connectivity index (χ1n) is 6.80. The van der Waals surface area contributed by atoms with E-state index in [1.54, 1.807) is 0 Å². The molecule has 20 heavy (non-hydrogen) atoms. The van der Waals surface area contributed by atoms with E-state index in [4.69, 9.17) is 0 Å². The number of benzene rings is 2. The molecule has 0 amide bonds. The Bertz CT molecular complexity index is 631. The van der Waals surface area contributed by atoms with Crippen LogP contribution in [0.1, 0.15) is 43.8 Å². The first kappa shape index (κ1) is 15.8. The van der Waals surface area contributed by atoms with E-state index in [1.807, 2.05) is 0 Å². The fraction of sp³-hybridized carbons (Fsp3) is 0.333. The number of halogens is 2. The van der Waals surface area contributed by atoms with Crippen LogP contribution in [0.4, 0.5) is 0 Å². The van der Waals surface area contributed by atoms with Crippen molar-refractivity contribution in [1.82, 2.24) is 0 Å². The molecule has 2 aromatic carbocycles. The maximum atomic E-state index is 3.90. The average Bonchev–Trinajstić information content (AvgIpc) is 2.40. The van der Waals surface area contributed by atoms with Gasteiger partial charge in [-0.05, 0) is 79.6 Å². The van der Waals surface area contributed by atoms with Crippen LogP contribution in [-0.2, 0) is 0 Å². The minimum Gasteiger partial charge on any atom is -0.0786 e. The Labute approximate surface area is 138 Å². The van der Waals surface area contributed by atoms with Gasteiger partial charge in [-0.15, -0.1) is 0 Å². The second kappa shape index (κ2) is 6.03. The lowest BCUT2D eigenvalue weighted by Crippen LogP contribution is -2.03. The lowest BCUT2D eigenvalue weighted by atomic mass is 9.90. The van der Waals surface area contributed by atoms with Crippen molar-refractivity contribution in [2.24, 2.45) is 0 Å². The molecule has 0 aliphatic heterocycles.